The molecule has 1 rings (SSSR count). The van der Waals surface area contributed by atoms with Gasteiger partial charge in [0.15, 0.2) is 0 Å². The fraction of sp³-hybridized carbons (Fsp3) is 0.556. The second-order valence-corrected chi connectivity index (χ2v) is 2.67. The highest BCUT2D eigenvalue weighted by atomic mass is 15.5. The molecule has 0 radical (unpaired) electrons. The van der Waals surface area contributed by atoms with Crippen LogP contribution in [-0.2, 0) is 0 Å². The number of hydrazine groups is 1. The molecule has 0 fully saturated rings. The van der Waals surface area contributed by atoms with Crippen LogP contribution in [0, 0.1) is 0 Å². The molecule has 1 aliphatic heterocycles. The molecule has 0 bridgehead atoms. The van der Waals surface area contributed by atoms with Crippen molar-refractivity contribution >= 4 is 0 Å². The molecular weight excluding hydrogens is 150 g/mol. The van der Waals surface area contributed by atoms with Gasteiger partial charge in [-0.25, -0.2) is 5.43 Å². The normalized spacial score (nSPS) is 16.2. The Hall–Kier alpha value is -0.960. The maximum Gasteiger partial charge on any atom is 0.0541 e. The maximum absolute atomic E-state index is 3.27. The second kappa shape index (κ2) is 4.83. The number of nitrogens with one attached hydrogen (secondary N) is 2. The van der Waals surface area contributed by atoms with E-state index in [0.29, 0.717) is 0 Å². The number of hydrogen-bond acceptors (Lipinski definition) is 3. The monoisotopic (exact) mass is 167 g/mol. The molecule has 0 aromatic heterocycles. The molecule has 12 heavy (non-hydrogen) atoms. The van der Waals surface area contributed by atoms with E-state index in [9.17, 15) is 0 Å². The molecule has 2 N–H and O–H groups in total. The quantitative estimate of drug-likeness (QED) is 0.649. The maximum atomic E-state index is 3.27. The van der Waals surface area contributed by atoms with Crippen LogP contribution >= 0.6 is 0 Å². The predicted molar refractivity (Wildman–Crippen MR) is 51.3 cm³/mol. The first-order valence-corrected chi connectivity index (χ1v) is 4.49. The van der Waals surface area contributed by atoms with Crippen LogP contribution in [0.4, 0.5) is 0 Å². The van der Waals surface area contributed by atoms with Crippen molar-refractivity contribution in [2.75, 3.05) is 19.6 Å². The molecule has 0 saturated carbocycles. The third-order valence-electron chi connectivity index (χ3n) is 1.68. The first-order chi connectivity index (χ1) is 5.86. The van der Waals surface area contributed by atoms with Crippen molar-refractivity contribution in [1.29, 1.82) is 0 Å². The smallest absolute Gasteiger partial charge is 0.0541 e. The van der Waals surface area contributed by atoms with Gasteiger partial charge in [0.2, 0.25) is 0 Å². The number of hydrogen-bond donors (Lipinski definition) is 2. The summed E-state index contributed by atoms with van der Waals surface area (Å²) in [6.07, 6.45) is 6.31. The minimum atomic E-state index is 0.937. The van der Waals surface area contributed by atoms with E-state index in [-0.39, 0.29) is 0 Å². The molecule has 0 unspecified atom stereocenters. The van der Waals surface area contributed by atoms with Crippen LogP contribution in [0.1, 0.15) is 13.8 Å². The molecule has 0 amide bonds. The summed E-state index contributed by atoms with van der Waals surface area (Å²) in [7, 11) is 0. The first kappa shape index (κ1) is 9.13. The molecule has 0 aromatic carbocycles. The summed E-state index contributed by atoms with van der Waals surface area (Å²) in [4.78, 5) is 0. The highest BCUT2D eigenvalue weighted by molar-refractivity contribution is 5.20. The highest BCUT2D eigenvalue weighted by Crippen LogP contribution is 2.00. The van der Waals surface area contributed by atoms with E-state index in [1.807, 2.05) is 0 Å². The van der Waals surface area contributed by atoms with Crippen molar-refractivity contribution in [3.8, 4) is 0 Å². The fourth-order valence-electron chi connectivity index (χ4n) is 1.15. The van der Waals surface area contributed by atoms with Crippen LogP contribution in [0.5, 0.6) is 0 Å². The summed E-state index contributed by atoms with van der Waals surface area (Å²) in [6, 6.07) is 0. The average Bonchev–Trinajstić information content (AvgIpc) is 2.09. The van der Waals surface area contributed by atoms with Gasteiger partial charge in [0.05, 0.1) is 6.54 Å². The van der Waals surface area contributed by atoms with E-state index in [1.54, 1.807) is 0 Å². The summed E-state index contributed by atoms with van der Waals surface area (Å²) in [5.41, 5.74) is 4.44. The van der Waals surface area contributed by atoms with Gasteiger partial charge in [-0.2, -0.15) is 0 Å². The van der Waals surface area contributed by atoms with Crippen LogP contribution in [-0.4, -0.2) is 24.6 Å². The standard InChI is InChI=1S/C9H17N3/c1-3-10-9-5-7-12(8-6-9)11-4-2/h5-7,10-11H,3-4,8H2,1-2H3. The van der Waals surface area contributed by atoms with Crippen molar-refractivity contribution in [1.82, 2.24) is 15.8 Å². The molecule has 0 spiro atoms. The topological polar surface area (TPSA) is 27.3 Å². The van der Waals surface area contributed by atoms with Crippen molar-refractivity contribution in [3.63, 3.8) is 0 Å². The zero-order chi connectivity index (χ0) is 8.81. The van der Waals surface area contributed by atoms with Gasteiger partial charge in [-0.15, -0.1) is 0 Å². The summed E-state index contributed by atoms with van der Waals surface area (Å²) in [5.74, 6) is 0. The van der Waals surface area contributed by atoms with E-state index in [0.717, 1.165) is 19.6 Å². The van der Waals surface area contributed by atoms with Crippen molar-refractivity contribution in [2.45, 2.75) is 13.8 Å². The van der Waals surface area contributed by atoms with E-state index in [1.165, 1.54) is 5.70 Å². The molecule has 0 atom stereocenters. The summed E-state index contributed by atoms with van der Waals surface area (Å²) in [6.45, 7) is 7.08. The van der Waals surface area contributed by atoms with Gasteiger partial charge < -0.3 is 10.3 Å². The molecule has 3 heteroatoms. The minimum absolute atomic E-state index is 0.937. The van der Waals surface area contributed by atoms with Gasteiger partial charge >= 0.3 is 0 Å². The van der Waals surface area contributed by atoms with Gasteiger partial charge in [0, 0.05) is 25.0 Å². The van der Waals surface area contributed by atoms with E-state index in [2.05, 4.69) is 48.0 Å². The lowest BCUT2D eigenvalue weighted by atomic mass is 10.3. The summed E-state index contributed by atoms with van der Waals surface area (Å²) < 4.78 is 0. The highest BCUT2D eigenvalue weighted by Gasteiger charge is 2.00. The first-order valence-electron chi connectivity index (χ1n) is 4.49. The number of likely N-dealkylation sites (N-methyl/N-ethyl adjacent to an activating group) is 1. The third-order valence-corrected chi connectivity index (χ3v) is 1.68. The van der Waals surface area contributed by atoms with Crippen LogP contribution in [0.25, 0.3) is 0 Å². The molecule has 0 saturated heterocycles. The van der Waals surface area contributed by atoms with Crippen molar-refractivity contribution in [2.24, 2.45) is 0 Å². The Kier molecular flexibility index (Phi) is 3.67. The zero-order valence-corrected chi connectivity index (χ0v) is 7.80. The van der Waals surface area contributed by atoms with E-state index < -0.39 is 0 Å². The molecular formula is C9H17N3. The number of rotatable bonds is 4. The Labute approximate surface area is 74.1 Å². The Morgan fingerprint density at radius 2 is 2.25 bits per heavy atom. The molecule has 1 heterocycles. The van der Waals surface area contributed by atoms with Crippen LogP contribution < -0.4 is 10.7 Å². The largest absolute Gasteiger partial charge is 0.385 e. The van der Waals surface area contributed by atoms with Crippen LogP contribution in [0.15, 0.2) is 24.0 Å². The zero-order valence-electron chi connectivity index (χ0n) is 7.80. The Morgan fingerprint density at radius 1 is 1.42 bits per heavy atom. The average molecular weight is 167 g/mol. The van der Waals surface area contributed by atoms with Gasteiger partial charge in [-0.05, 0) is 19.1 Å². The van der Waals surface area contributed by atoms with Gasteiger partial charge in [0.1, 0.15) is 0 Å². The second-order valence-electron chi connectivity index (χ2n) is 2.67. The fourth-order valence-corrected chi connectivity index (χ4v) is 1.15. The van der Waals surface area contributed by atoms with Crippen LogP contribution in [0.2, 0.25) is 0 Å². The molecule has 1 aliphatic rings. The van der Waals surface area contributed by atoms with Gasteiger partial charge in [-0.3, -0.25) is 0 Å². The van der Waals surface area contributed by atoms with E-state index >= 15 is 0 Å². The Bertz CT molecular complexity index is 184. The van der Waals surface area contributed by atoms with E-state index in [4.69, 9.17) is 0 Å². The molecule has 0 aromatic rings. The lowest BCUT2D eigenvalue weighted by Crippen LogP contribution is -2.35. The van der Waals surface area contributed by atoms with Gasteiger partial charge in [0.25, 0.3) is 0 Å². The lowest BCUT2D eigenvalue weighted by Gasteiger charge is -2.22. The van der Waals surface area contributed by atoms with Gasteiger partial charge in [-0.1, -0.05) is 6.92 Å². The molecule has 0 aliphatic carbocycles. The summed E-state index contributed by atoms with van der Waals surface area (Å²) in [5, 5.41) is 5.34. The van der Waals surface area contributed by atoms with Crippen molar-refractivity contribution < 1.29 is 0 Å². The third kappa shape index (κ3) is 2.58. The lowest BCUT2D eigenvalue weighted by molar-refractivity contribution is 0.301. The predicted octanol–water partition coefficient (Wildman–Crippen LogP) is 0.834. The Morgan fingerprint density at radius 3 is 2.75 bits per heavy atom. The van der Waals surface area contributed by atoms with Crippen molar-refractivity contribution in [3.05, 3.63) is 24.0 Å². The Balaban J connectivity index is 2.33. The SMILES string of the molecule is CCNC1=CCN(NCC)C=C1. The summed E-state index contributed by atoms with van der Waals surface area (Å²) >= 11 is 0. The number of nitrogens with zero attached hydrogens (tertiary/aromatic N) is 1. The molecule has 68 valence electrons. The minimum Gasteiger partial charge on any atom is -0.385 e. The van der Waals surface area contributed by atoms with Crippen LogP contribution in [0.3, 0.4) is 0 Å². The molecule has 3 nitrogen and oxygen atoms in total. The number of allylic oxidation sites excluding steroid dienone is 1.